The van der Waals surface area contributed by atoms with Crippen LogP contribution in [0.2, 0.25) is 0 Å². The predicted octanol–water partition coefficient (Wildman–Crippen LogP) is 4.40. The Bertz CT molecular complexity index is 350. The van der Waals surface area contributed by atoms with Crippen molar-refractivity contribution in [3.8, 4) is 11.8 Å². The second-order valence-electron chi connectivity index (χ2n) is 7.32. The molecule has 1 fully saturated rings. The fourth-order valence-electron chi connectivity index (χ4n) is 1.61. The molecule has 1 rings (SSSR count). The lowest BCUT2D eigenvalue weighted by Crippen LogP contribution is -2.38. The topological polar surface area (TPSA) is 25.1 Å². The highest BCUT2D eigenvalue weighted by Gasteiger charge is 2.54. The van der Waals surface area contributed by atoms with Crippen LogP contribution in [0.1, 0.15) is 61.8 Å². The van der Waals surface area contributed by atoms with Crippen LogP contribution in [0.25, 0.3) is 0 Å². The van der Waals surface area contributed by atoms with E-state index in [9.17, 15) is 0 Å². The Morgan fingerprint density at radius 3 is 1.89 bits per heavy atom. The molecule has 1 heterocycles. The zero-order chi connectivity index (χ0) is 14.2. The van der Waals surface area contributed by atoms with E-state index in [0.29, 0.717) is 5.92 Å². The molecule has 0 bridgehead atoms. The van der Waals surface area contributed by atoms with Gasteiger partial charge in [-0.05, 0) is 24.2 Å². The lowest BCUT2D eigenvalue weighted by atomic mass is 9.65. The second kappa shape index (κ2) is 4.87. The first kappa shape index (κ1) is 15.5. The second-order valence-corrected chi connectivity index (χ2v) is 7.32. The molecule has 2 heteroatoms. The first-order valence-electron chi connectivity index (χ1n) is 6.89. The van der Waals surface area contributed by atoms with E-state index in [0.717, 1.165) is 6.42 Å². The summed E-state index contributed by atoms with van der Waals surface area (Å²) in [6.07, 6.45) is 0.873. The predicted molar refractivity (Wildman–Crippen MR) is 74.5 cm³/mol. The molecular weight excluding hydrogens is 224 g/mol. The van der Waals surface area contributed by atoms with Crippen LogP contribution >= 0.6 is 0 Å². The van der Waals surface area contributed by atoms with Crippen LogP contribution in [0.4, 0.5) is 0 Å². The van der Waals surface area contributed by atoms with Gasteiger partial charge in [0.25, 0.3) is 0 Å². The van der Waals surface area contributed by atoms with Crippen molar-refractivity contribution < 1.29 is 9.78 Å². The summed E-state index contributed by atoms with van der Waals surface area (Å²) in [6.45, 7) is 17.6. The molecule has 0 saturated carbocycles. The van der Waals surface area contributed by atoms with Crippen molar-refractivity contribution in [2.45, 2.75) is 68.1 Å². The fourth-order valence-corrected chi connectivity index (χ4v) is 1.61. The zero-order valence-electron chi connectivity index (χ0n) is 13.2. The van der Waals surface area contributed by atoms with Crippen LogP contribution < -0.4 is 0 Å². The molecule has 0 aromatic heterocycles. The van der Waals surface area contributed by atoms with Gasteiger partial charge in [0.15, 0.2) is 0 Å². The highest BCUT2D eigenvalue weighted by atomic mass is 17.4. The maximum absolute atomic E-state index is 5.08. The minimum Gasteiger partial charge on any atom is -0.197 e. The highest BCUT2D eigenvalue weighted by molar-refractivity contribution is 5.19. The summed E-state index contributed by atoms with van der Waals surface area (Å²) in [5.41, 5.74) is 0.0234. The molecule has 2 nitrogen and oxygen atoms in total. The smallest absolute Gasteiger partial charge is 0.197 e. The van der Waals surface area contributed by atoms with E-state index < -0.39 is 0 Å². The monoisotopic (exact) mass is 252 g/mol. The molecule has 1 saturated heterocycles. The van der Waals surface area contributed by atoms with Crippen molar-refractivity contribution in [1.29, 1.82) is 0 Å². The van der Waals surface area contributed by atoms with Gasteiger partial charge in [-0.15, -0.1) is 0 Å². The summed E-state index contributed by atoms with van der Waals surface area (Å²) in [5, 5.41) is 0. The lowest BCUT2D eigenvalue weighted by Gasteiger charge is -2.37. The normalized spacial score (nSPS) is 21.8. The summed E-state index contributed by atoms with van der Waals surface area (Å²) >= 11 is 0. The Hall–Kier alpha value is -0.520. The third kappa shape index (κ3) is 3.08. The largest absolute Gasteiger partial charge is 0.241 e. The van der Waals surface area contributed by atoms with Gasteiger partial charge in [0.1, 0.15) is 0 Å². The van der Waals surface area contributed by atoms with Crippen molar-refractivity contribution in [3.63, 3.8) is 0 Å². The van der Waals surface area contributed by atoms with E-state index in [-0.39, 0.29) is 22.5 Å². The molecule has 2 atom stereocenters. The summed E-state index contributed by atoms with van der Waals surface area (Å²) in [6, 6.07) is 0. The van der Waals surface area contributed by atoms with Gasteiger partial charge in [0.05, 0.1) is 5.41 Å². The molecule has 1 aliphatic heterocycles. The van der Waals surface area contributed by atoms with Gasteiger partial charge in [-0.2, -0.15) is 9.78 Å². The quantitative estimate of drug-likeness (QED) is 0.422. The van der Waals surface area contributed by atoms with E-state index in [4.69, 9.17) is 9.78 Å². The van der Waals surface area contributed by atoms with Crippen LogP contribution in [0.15, 0.2) is 0 Å². The third-order valence-corrected chi connectivity index (χ3v) is 4.80. The van der Waals surface area contributed by atoms with Crippen molar-refractivity contribution in [2.24, 2.45) is 22.2 Å². The van der Waals surface area contributed by atoms with Gasteiger partial charge in [0.2, 0.25) is 6.29 Å². The Balaban J connectivity index is 2.99. The van der Waals surface area contributed by atoms with Crippen molar-refractivity contribution in [2.75, 3.05) is 0 Å². The van der Waals surface area contributed by atoms with E-state index in [1.54, 1.807) is 0 Å². The average molecular weight is 252 g/mol. The SMILES string of the molecule is CCC(C)(C)C(C)(C#CC(C)C(C)(C)C)C1OO1. The molecule has 1 aliphatic rings. The standard InChI is InChI=1S/C16H28O2/c1-9-15(6,7)16(8,13-17-18-13)11-10-12(2)14(3,4)5/h12-13H,9H2,1-8H3. The average Bonchev–Trinajstić information content (AvgIpc) is 3.07. The molecule has 2 unspecified atom stereocenters. The number of hydrogen-bond donors (Lipinski definition) is 0. The summed E-state index contributed by atoms with van der Waals surface area (Å²) < 4.78 is 0. The molecular formula is C16H28O2. The van der Waals surface area contributed by atoms with E-state index in [1.807, 2.05) is 0 Å². The van der Waals surface area contributed by atoms with Gasteiger partial charge in [0, 0.05) is 5.92 Å². The van der Waals surface area contributed by atoms with Gasteiger partial charge < -0.3 is 0 Å². The van der Waals surface area contributed by atoms with Crippen LogP contribution in [-0.2, 0) is 9.78 Å². The molecule has 104 valence electrons. The molecule has 0 radical (unpaired) electrons. The minimum atomic E-state index is -0.249. The number of rotatable bonds is 3. The summed E-state index contributed by atoms with van der Waals surface area (Å²) in [4.78, 5) is 10.2. The maximum atomic E-state index is 5.08. The first-order chi connectivity index (χ1) is 8.04. The van der Waals surface area contributed by atoms with Crippen LogP contribution in [-0.4, -0.2) is 6.29 Å². The van der Waals surface area contributed by atoms with Crippen LogP contribution in [0.3, 0.4) is 0 Å². The lowest BCUT2D eigenvalue weighted by molar-refractivity contribution is 0.0850. The Kier molecular flexibility index (Phi) is 4.20. The zero-order valence-corrected chi connectivity index (χ0v) is 13.2. The van der Waals surface area contributed by atoms with Gasteiger partial charge in [-0.25, -0.2) is 0 Å². The molecule has 0 aromatic carbocycles. The molecule has 18 heavy (non-hydrogen) atoms. The first-order valence-corrected chi connectivity index (χ1v) is 6.89. The fraction of sp³-hybridized carbons (Fsp3) is 0.875. The summed E-state index contributed by atoms with van der Waals surface area (Å²) in [7, 11) is 0. The molecule has 0 aliphatic carbocycles. The van der Waals surface area contributed by atoms with Gasteiger partial charge in [-0.1, -0.05) is 60.3 Å². The number of hydrogen-bond acceptors (Lipinski definition) is 2. The van der Waals surface area contributed by atoms with E-state index in [1.165, 1.54) is 0 Å². The van der Waals surface area contributed by atoms with Gasteiger partial charge in [-0.3, -0.25) is 0 Å². The molecule has 0 amide bonds. The van der Waals surface area contributed by atoms with E-state index >= 15 is 0 Å². The third-order valence-electron chi connectivity index (χ3n) is 4.80. The van der Waals surface area contributed by atoms with Crippen LogP contribution in [0.5, 0.6) is 0 Å². The summed E-state index contributed by atoms with van der Waals surface area (Å²) in [5.74, 6) is 7.22. The molecule has 0 spiro atoms. The minimum absolute atomic E-state index is 0.0682. The Morgan fingerprint density at radius 1 is 1.06 bits per heavy atom. The Labute approximate surface area is 112 Å². The molecule has 0 N–H and O–H groups in total. The highest BCUT2D eigenvalue weighted by Crippen LogP contribution is 2.49. The van der Waals surface area contributed by atoms with Crippen molar-refractivity contribution in [3.05, 3.63) is 0 Å². The van der Waals surface area contributed by atoms with Crippen LogP contribution in [0, 0.1) is 34.0 Å². The van der Waals surface area contributed by atoms with Crippen molar-refractivity contribution in [1.82, 2.24) is 0 Å². The van der Waals surface area contributed by atoms with Crippen molar-refractivity contribution >= 4 is 0 Å². The van der Waals surface area contributed by atoms with Gasteiger partial charge >= 0.3 is 0 Å². The Morgan fingerprint density at radius 2 is 1.56 bits per heavy atom. The maximum Gasteiger partial charge on any atom is 0.241 e. The molecule has 0 aromatic rings. The van der Waals surface area contributed by atoms with E-state index in [2.05, 4.69) is 67.2 Å².